The van der Waals surface area contributed by atoms with Crippen molar-refractivity contribution >= 4 is 26.0 Å². The Morgan fingerprint density at radius 2 is 2.06 bits per heavy atom. The molecule has 0 aliphatic carbocycles. The number of sulfonamides is 1. The Labute approximate surface area is 111 Å². The molecule has 0 heterocycles. The smallest absolute Gasteiger partial charge is 0.242 e. The van der Waals surface area contributed by atoms with E-state index in [1.807, 2.05) is 6.92 Å². The van der Waals surface area contributed by atoms with Gasteiger partial charge < -0.3 is 4.74 Å². The minimum absolute atomic E-state index is 0.239. The van der Waals surface area contributed by atoms with Crippen molar-refractivity contribution in [3.8, 4) is 0 Å². The lowest BCUT2D eigenvalue weighted by Crippen LogP contribution is -2.36. The predicted octanol–water partition coefficient (Wildman–Crippen LogP) is 2.15. The summed E-state index contributed by atoms with van der Waals surface area (Å²) in [7, 11) is -3.50. The highest BCUT2D eigenvalue weighted by Gasteiger charge is 2.19. The molecule has 1 aromatic rings. The van der Waals surface area contributed by atoms with Gasteiger partial charge >= 0.3 is 0 Å². The second-order valence-corrected chi connectivity index (χ2v) is 6.15. The Morgan fingerprint density at radius 1 is 1.41 bits per heavy atom. The van der Waals surface area contributed by atoms with Crippen LogP contribution in [0.4, 0.5) is 0 Å². The first-order valence-corrected chi connectivity index (χ1v) is 7.59. The summed E-state index contributed by atoms with van der Waals surface area (Å²) in [5.41, 5.74) is 0. The summed E-state index contributed by atoms with van der Waals surface area (Å²) in [6, 6.07) is 6.45. The molecule has 0 fully saturated rings. The molecular weight excluding hydrogens is 306 g/mol. The summed E-state index contributed by atoms with van der Waals surface area (Å²) in [4.78, 5) is 0.239. The van der Waals surface area contributed by atoms with Crippen molar-refractivity contribution in [1.82, 2.24) is 4.72 Å². The number of hydrogen-bond acceptors (Lipinski definition) is 3. The van der Waals surface area contributed by atoms with E-state index in [0.29, 0.717) is 17.7 Å². The first-order chi connectivity index (χ1) is 7.97. The van der Waals surface area contributed by atoms with Crippen LogP contribution in [-0.4, -0.2) is 27.7 Å². The zero-order valence-corrected chi connectivity index (χ0v) is 12.2. The maximum absolute atomic E-state index is 12.0. The van der Waals surface area contributed by atoms with Gasteiger partial charge in [-0.15, -0.1) is 0 Å². The largest absolute Gasteiger partial charge is 0.380 e. The second-order valence-electron chi connectivity index (χ2n) is 3.61. The van der Waals surface area contributed by atoms with Crippen LogP contribution in [0.1, 0.15) is 13.8 Å². The Hall–Kier alpha value is -0.430. The number of nitrogens with one attached hydrogen (secondary N) is 1. The Bertz CT molecular complexity index is 462. The molecule has 1 aromatic carbocycles. The lowest BCUT2D eigenvalue weighted by atomic mass is 10.4. The molecule has 0 saturated heterocycles. The third kappa shape index (κ3) is 4.39. The Balaban J connectivity index is 2.79. The summed E-state index contributed by atoms with van der Waals surface area (Å²) < 4.78 is 32.3. The minimum Gasteiger partial charge on any atom is -0.380 e. The summed E-state index contributed by atoms with van der Waals surface area (Å²) in [5, 5.41) is 0. The van der Waals surface area contributed by atoms with Crippen LogP contribution in [0.3, 0.4) is 0 Å². The summed E-state index contributed by atoms with van der Waals surface area (Å²) in [5.74, 6) is 0. The quantitative estimate of drug-likeness (QED) is 0.873. The van der Waals surface area contributed by atoms with Gasteiger partial charge in [-0.25, -0.2) is 13.1 Å². The summed E-state index contributed by atoms with van der Waals surface area (Å²) in [6.45, 7) is 4.57. The molecule has 6 heteroatoms. The predicted molar refractivity (Wildman–Crippen MR) is 70.4 cm³/mol. The number of ether oxygens (including phenoxy) is 1. The van der Waals surface area contributed by atoms with Gasteiger partial charge in [-0.1, -0.05) is 12.1 Å². The molecule has 1 N–H and O–H groups in total. The second kappa shape index (κ2) is 6.49. The van der Waals surface area contributed by atoms with Crippen LogP contribution in [0.15, 0.2) is 33.6 Å². The van der Waals surface area contributed by atoms with Crippen LogP contribution in [0.2, 0.25) is 0 Å². The fraction of sp³-hybridized carbons (Fsp3) is 0.455. The summed E-state index contributed by atoms with van der Waals surface area (Å²) >= 11 is 3.22. The van der Waals surface area contributed by atoms with Crippen LogP contribution in [0.25, 0.3) is 0 Å². The van der Waals surface area contributed by atoms with Crippen molar-refractivity contribution in [2.75, 3.05) is 13.2 Å². The third-order valence-corrected chi connectivity index (χ3v) is 4.66. The molecule has 0 aromatic heterocycles. The molecular formula is C11H16BrNO3S. The molecule has 0 saturated carbocycles. The number of halogens is 1. The average Bonchev–Trinajstić information content (AvgIpc) is 2.26. The highest BCUT2D eigenvalue weighted by atomic mass is 79.9. The Kier molecular flexibility index (Phi) is 5.58. The van der Waals surface area contributed by atoms with Crippen LogP contribution in [-0.2, 0) is 14.8 Å². The van der Waals surface area contributed by atoms with Gasteiger partial charge in [0.25, 0.3) is 0 Å². The zero-order chi connectivity index (χ0) is 12.9. The van der Waals surface area contributed by atoms with Crippen molar-refractivity contribution in [2.45, 2.75) is 24.8 Å². The van der Waals surface area contributed by atoms with Crippen LogP contribution in [0, 0.1) is 0 Å². The number of rotatable bonds is 6. The van der Waals surface area contributed by atoms with Crippen molar-refractivity contribution in [2.24, 2.45) is 0 Å². The van der Waals surface area contributed by atoms with E-state index in [2.05, 4.69) is 20.7 Å². The molecule has 0 bridgehead atoms. The van der Waals surface area contributed by atoms with E-state index in [9.17, 15) is 8.42 Å². The molecule has 4 nitrogen and oxygen atoms in total. The van der Waals surface area contributed by atoms with Gasteiger partial charge in [0.05, 0.1) is 11.5 Å². The molecule has 0 aliphatic heterocycles. The lowest BCUT2D eigenvalue weighted by molar-refractivity contribution is 0.133. The molecule has 17 heavy (non-hydrogen) atoms. The number of benzene rings is 1. The van der Waals surface area contributed by atoms with Gasteiger partial charge in [-0.05, 0) is 41.9 Å². The molecule has 0 spiro atoms. The highest BCUT2D eigenvalue weighted by Crippen LogP contribution is 2.21. The molecule has 0 radical (unpaired) electrons. The van der Waals surface area contributed by atoms with Crippen LogP contribution >= 0.6 is 15.9 Å². The SMILES string of the molecule is CCOCC(C)NS(=O)(=O)c1ccccc1Br. The normalized spacial score (nSPS) is 13.6. The average molecular weight is 322 g/mol. The molecule has 0 aliphatic rings. The number of hydrogen-bond donors (Lipinski definition) is 1. The van der Waals surface area contributed by atoms with Crippen molar-refractivity contribution < 1.29 is 13.2 Å². The van der Waals surface area contributed by atoms with Crippen molar-refractivity contribution in [3.63, 3.8) is 0 Å². The standard InChI is InChI=1S/C11H16BrNO3S/c1-3-16-8-9(2)13-17(14,15)11-7-5-4-6-10(11)12/h4-7,9,13H,3,8H2,1-2H3. The van der Waals surface area contributed by atoms with Crippen molar-refractivity contribution in [1.29, 1.82) is 0 Å². The fourth-order valence-corrected chi connectivity index (χ4v) is 3.55. The fourth-order valence-electron chi connectivity index (χ4n) is 1.32. The first kappa shape index (κ1) is 14.6. The molecule has 1 unspecified atom stereocenters. The molecule has 1 atom stereocenters. The van der Waals surface area contributed by atoms with E-state index in [-0.39, 0.29) is 10.9 Å². The van der Waals surface area contributed by atoms with Gasteiger partial charge in [0, 0.05) is 17.1 Å². The monoisotopic (exact) mass is 321 g/mol. The van der Waals surface area contributed by atoms with Gasteiger partial charge in [-0.2, -0.15) is 0 Å². The molecule has 96 valence electrons. The van der Waals surface area contributed by atoms with Gasteiger partial charge in [0.15, 0.2) is 0 Å². The van der Waals surface area contributed by atoms with E-state index in [4.69, 9.17) is 4.74 Å². The summed E-state index contributed by atoms with van der Waals surface area (Å²) in [6.07, 6.45) is 0. The zero-order valence-electron chi connectivity index (χ0n) is 9.81. The molecule has 1 rings (SSSR count). The van der Waals surface area contributed by atoms with Gasteiger partial charge in [0.2, 0.25) is 10.0 Å². The Morgan fingerprint density at radius 3 is 2.65 bits per heavy atom. The van der Waals surface area contributed by atoms with Gasteiger partial charge in [0.1, 0.15) is 0 Å². The van der Waals surface area contributed by atoms with E-state index < -0.39 is 10.0 Å². The minimum atomic E-state index is -3.50. The van der Waals surface area contributed by atoms with Gasteiger partial charge in [-0.3, -0.25) is 0 Å². The first-order valence-electron chi connectivity index (χ1n) is 5.32. The van der Waals surface area contributed by atoms with Crippen LogP contribution in [0.5, 0.6) is 0 Å². The molecule has 0 amide bonds. The van der Waals surface area contributed by atoms with E-state index >= 15 is 0 Å². The topological polar surface area (TPSA) is 55.4 Å². The third-order valence-electron chi connectivity index (χ3n) is 2.05. The maximum Gasteiger partial charge on any atom is 0.242 e. The highest BCUT2D eigenvalue weighted by molar-refractivity contribution is 9.10. The van der Waals surface area contributed by atoms with Crippen molar-refractivity contribution in [3.05, 3.63) is 28.7 Å². The van der Waals surface area contributed by atoms with Crippen LogP contribution < -0.4 is 4.72 Å². The lowest BCUT2D eigenvalue weighted by Gasteiger charge is -2.14. The maximum atomic E-state index is 12.0. The van der Waals surface area contributed by atoms with E-state index in [1.54, 1.807) is 31.2 Å². The van der Waals surface area contributed by atoms with E-state index in [0.717, 1.165) is 0 Å². The van der Waals surface area contributed by atoms with E-state index in [1.165, 1.54) is 0 Å².